The van der Waals surface area contributed by atoms with Crippen LogP contribution in [0.2, 0.25) is 5.02 Å². The first-order valence-corrected chi connectivity index (χ1v) is 7.42. The fourth-order valence-corrected chi connectivity index (χ4v) is 2.34. The smallest absolute Gasteiger partial charge is 0.162 e. The van der Waals surface area contributed by atoms with Gasteiger partial charge in [0.25, 0.3) is 0 Å². The Hall–Kier alpha value is -1.71. The molecular formula is C17H20ClNO2. The molecule has 0 aliphatic rings. The second kappa shape index (κ2) is 7.34. The molecule has 2 aromatic carbocycles. The third kappa shape index (κ3) is 4.13. The van der Waals surface area contributed by atoms with Crippen LogP contribution >= 0.6 is 11.6 Å². The van der Waals surface area contributed by atoms with Crippen molar-refractivity contribution in [1.82, 2.24) is 5.32 Å². The number of hydrogen-bond acceptors (Lipinski definition) is 3. The van der Waals surface area contributed by atoms with E-state index < -0.39 is 0 Å². The van der Waals surface area contributed by atoms with E-state index in [-0.39, 0.29) is 11.8 Å². The largest absolute Gasteiger partial charge is 0.504 e. The highest BCUT2D eigenvalue weighted by atomic mass is 35.5. The highest BCUT2D eigenvalue weighted by Crippen LogP contribution is 2.30. The number of rotatable bonds is 6. The van der Waals surface area contributed by atoms with Gasteiger partial charge in [0, 0.05) is 23.2 Å². The lowest BCUT2D eigenvalue weighted by atomic mass is 10.1. The lowest BCUT2D eigenvalue weighted by Crippen LogP contribution is -2.18. The lowest BCUT2D eigenvalue weighted by molar-refractivity contribution is 0.316. The third-order valence-electron chi connectivity index (χ3n) is 3.33. The average Bonchev–Trinajstić information content (AvgIpc) is 2.48. The summed E-state index contributed by atoms with van der Waals surface area (Å²) < 4.78 is 5.39. The van der Waals surface area contributed by atoms with Gasteiger partial charge in [0.1, 0.15) is 0 Å². The van der Waals surface area contributed by atoms with Crippen molar-refractivity contribution in [1.29, 1.82) is 0 Å². The molecule has 21 heavy (non-hydrogen) atoms. The monoisotopic (exact) mass is 305 g/mol. The molecule has 0 aliphatic carbocycles. The predicted octanol–water partition coefficient (Wildman–Crippen LogP) is 4.30. The molecule has 0 bridgehead atoms. The number of para-hydroxylation sites is 1. The Bertz CT molecular complexity index is 601. The minimum atomic E-state index is 0.138. The quantitative estimate of drug-likeness (QED) is 0.836. The summed E-state index contributed by atoms with van der Waals surface area (Å²) in [4.78, 5) is 0. The summed E-state index contributed by atoms with van der Waals surface area (Å²) in [5.41, 5.74) is 1.93. The van der Waals surface area contributed by atoms with Crippen LogP contribution in [-0.4, -0.2) is 11.7 Å². The van der Waals surface area contributed by atoms with Gasteiger partial charge in [0.15, 0.2) is 11.5 Å². The zero-order valence-corrected chi connectivity index (χ0v) is 13.0. The van der Waals surface area contributed by atoms with E-state index in [0.29, 0.717) is 18.9 Å². The maximum Gasteiger partial charge on any atom is 0.162 e. The van der Waals surface area contributed by atoms with Gasteiger partial charge in [-0.3, -0.25) is 0 Å². The van der Waals surface area contributed by atoms with Gasteiger partial charge in [-0.05, 0) is 37.6 Å². The topological polar surface area (TPSA) is 41.5 Å². The second-order valence-electron chi connectivity index (χ2n) is 4.85. The minimum Gasteiger partial charge on any atom is -0.504 e. The molecule has 0 heterocycles. The Labute approximate surface area is 130 Å². The molecule has 0 aromatic heterocycles. The molecule has 1 atom stereocenters. The first-order valence-electron chi connectivity index (χ1n) is 7.04. The van der Waals surface area contributed by atoms with Crippen molar-refractivity contribution in [3.05, 3.63) is 58.6 Å². The predicted molar refractivity (Wildman–Crippen MR) is 86.0 cm³/mol. The second-order valence-corrected chi connectivity index (χ2v) is 5.29. The van der Waals surface area contributed by atoms with Crippen molar-refractivity contribution >= 4 is 11.6 Å². The Morgan fingerprint density at radius 2 is 2.00 bits per heavy atom. The van der Waals surface area contributed by atoms with Crippen molar-refractivity contribution in [3.8, 4) is 11.5 Å². The normalized spacial score (nSPS) is 12.1. The number of nitrogens with one attached hydrogen (secondary N) is 1. The van der Waals surface area contributed by atoms with Crippen LogP contribution in [0.15, 0.2) is 42.5 Å². The van der Waals surface area contributed by atoms with Crippen LogP contribution in [-0.2, 0) is 6.54 Å². The van der Waals surface area contributed by atoms with Crippen molar-refractivity contribution in [2.45, 2.75) is 26.4 Å². The summed E-state index contributed by atoms with van der Waals surface area (Å²) in [6.45, 7) is 5.05. The summed E-state index contributed by atoms with van der Waals surface area (Å²) in [5.74, 6) is 0.720. The summed E-state index contributed by atoms with van der Waals surface area (Å²) in [7, 11) is 0. The van der Waals surface area contributed by atoms with Gasteiger partial charge in [-0.15, -0.1) is 0 Å². The zero-order chi connectivity index (χ0) is 15.2. The van der Waals surface area contributed by atoms with Gasteiger partial charge in [-0.1, -0.05) is 35.9 Å². The van der Waals surface area contributed by atoms with E-state index >= 15 is 0 Å². The van der Waals surface area contributed by atoms with Gasteiger partial charge < -0.3 is 15.2 Å². The van der Waals surface area contributed by atoms with Gasteiger partial charge in [-0.25, -0.2) is 0 Å². The molecule has 2 aromatic rings. The van der Waals surface area contributed by atoms with E-state index in [2.05, 4.69) is 12.2 Å². The fourth-order valence-electron chi connectivity index (χ4n) is 2.14. The number of halogens is 1. The first-order chi connectivity index (χ1) is 10.1. The van der Waals surface area contributed by atoms with Crippen LogP contribution in [0.25, 0.3) is 0 Å². The molecule has 0 aliphatic heterocycles. The Balaban J connectivity index is 2.04. The molecule has 0 saturated carbocycles. The van der Waals surface area contributed by atoms with Crippen LogP contribution in [0.5, 0.6) is 11.5 Å². The summed E-state index contributed by atoms with van der Waals surface area (Å²) >= 11 is 6.00. The van der Waals surface area contributed by atoms with Crippen molar-refractivity contribution in [3.63, 3.8) is 0 Å². The Morgan fingerprint density at radius 3 is 2.71 bits per heavy atom. The molecule has 2 N–H and O–H groups in total. The average molecular weight is 306 g/mol. The van der Waals surface area contributed by atoms with Gasteiger partial charge in [0.05, 0.1) is 6.61 Å². The van der Waals surface area contributed by atoms with Crippen LogP contribution in [0, 0.1) is 0 Å². The lowest BCUT2D eigenvalue weighted by Gasteiger charge is -2.16. The van der Waals surface area contributed by atoms with E-state index in [9.17, 15) is 5.11 Å². The molecule has 2 rings (SSSR count). The van der Waals surface area contributed by atoms with Crippen molar-refractivity contribution in [2.24, 2.45) is 0 Å². The van der Waals surface area contributed by atoms with Gasteiger partial charge >= 0.3 is 0 Å². The molecule has 3 nitrogen and oxygen atoms in total. The molecule has 0 radical (unpaired) electrons. The molecule has 0 amide bonds. The van der Waals surface area contributed by atoms with Crippen molar-refractivity contribution < 1.29 is 9.84 Å². The number of ether oxygens (including phenoxy) is 1. The van der Waals surface area contributed by atoms with E-state index in [1.807, 2.05) is 43.3 Å². The molecular weight excluding hydrogens is 286 g/mol. The van der Waals surface area contributed by atoms with Crippen LogP contribution in [0.1, 0.15) is 31.0 Å². The fraction of sp³-hybridized carbons (Fsp3) is 0.294. The number of benzene rings is 2. The number of phenolic OH excluding ortho intramolecular Hbond substituents is 1. The molecule has 0 saturated heterocycles. The highest BCUT2D eigenvalue weighted by molar-refractivity contribution is 6.30. The maximum atomic E-state index is 10.2. The van der Waals surface area contributed by atoms with Gasteiger partial charge in [-0.2, -0.15) is 0 Å². The van der Waals surface area contributed by atoms with Crippen LogP contribution in [0.4, 0.5) is 0 Å². The number of aromatic hydroxyl groups is 1. The molecule has 0 spiro atoms. The minimum absolute atomic E-state index is 0.138. The first kappa shape index (κ1) is 15.7. The highest BCUT2D eigenvalue weighted by Gasteiger charge is 2.10. The van der Waals surface area contributed by atoms with Crippen molar-refractivity contribution in [2.75, 3.05) is 6.61 Å². The molecule has 112 valence electrons. The van der Waals surface area contributed by atoms with E-state index in [1.165, 1.54) is 0 Å². The number of phenols is 1. The summed E-state index contributed by atoms with van der Waals surface area (Å²) in [6, 6.07) is 13.4. The maximum absolute atomic E-state index is 10.2. The molecule has 0 fully saturated rings. The van der Waals surface area contributed by atoms with E-state index in [4.69, 9.17) is 16.3 Å². The van der Waals surface area contributed by atoms with Gasteiger partial charge in [0.2, 0.25) is 0 Å². The zero-order valence-electron chi connectivity index (χ0n) is 12.3. The number of hydrogen-bond donors (Lipinski definition) is 2. The molecule has 4 heteroatoms. The Morgan fingerprint density at radius 1 is 1.24 bits per heavy atom. The Kier molecular flexibility index (Phi) is 5.48. The standard InChI is InChI=1S/C17H20ClNO2/c1-3-21-16-9-5-7-14(17(16)20)11-19-12(2)13-6-4-8-15(18)10-13/h4-10,12,19-20H,3,11H2,1-2H3/t12-/m1/s1. The third-order valence-corrected chi connectivity index (χ3v) is 3.56. The van der Waals surface area contributed by atoms with E-state index in [0.717, 1.165) is 16.1 Å². The summed E-state index contributed by atoms with van der Waals surface area (Å²) in [6.07, 6.45) is 0. The SMILES string of the molecule is CCOc1cccc(CN[C@H](C)c2cccc(Cl)c2)c1O. The summed E-state index contributed by atoms with van der Waals surface area (Å²) in [5, 5.41) is 14.3. The molecule has 0 unspecified atom stereocenters. The van der Waals surface area contributed by atoms with E-state index in [1.54, 1.807) is 6.07 Å². The van der Waals surface area contributed by atoms with Crippen LogP contribution < -0.4 is 10.1 Å². The van der Waals surface area contributed by atoms with Crippen LogP contribution in [0.3, 0.4) is 0 Å².